The number of para-hydroxylation sites is 1. The summed E-state index contributed by atoms with van der Waals surface area (Å²) >= 11 is 5.26. The summed E-state index contributed by atoms with van der Waals surface area (Å²) in [5.74, 6) is 0. The van der Waals surface area contributed by atoms with Crippen LogP contribution < -0.4 is 10.2 Å². The molecular weight excluding hydrogens is 308 g/mol. The van der Waals surface area contributed by atoms with Crippen molar-refractivity contribution in [1.82, 2.24) is 15.2 Å². The molecule has 1 aromatic carbocycles. The number of carbonyl (C=O) groups is 1. The smallest absolute Gasteiger partial charge is 0.322 e. The number of benzene rings is 1. The number of anilines is 1. The molecule has 3 rings (SSSR count). The van der Waals surface area contributed by atoms with Crippen molar-refractivity contribution in [3.05, 3.63) is 60.4 Å². The van der Waals surface area contributed by atoms with Gasteiger partial charge in [0.05, 0.1) is 0 Å². The van der Waals surface area contributed by atoms with Crippen LogP contribution in [-0.4, -0.2) is 47.1 Å². The molecule has 0 spiro atoms. The molecule has 1 aliphatic rings. The number of rotatable bonds is 2. The molecule has 0 saturated carbocycles. The quantitative estimate of drug-likeness (QED) is 0.860. The minimum Gasteiger partial charge on any atom is -0.368 e. The van der Waals surface area contributed by atoms with Gasteiger partial charge in [-0.05, 0) is 24.3 Å². The normalized spacial score (nSPS) is 14.4. The van der Waals surface area contributed by atoms with E-state index >= 15 is 0 Å². The number of amides is 2. The highest BCUT2D eigenvalue weighted by Gasteiger charge is 2.21. The zero-order valence-electron chi connectivity index (χ0n) is 12.7. The maximum Gasteiger partial charge on any atom is 0.322 e. The van der Waals surface area contributed by atoms with Gasteiger partial charge in [0.1, 0.15) is 4.99 Å². The first-order chi connectivity index (χ1) is 11.2. The van der Waals surface area contributed by atoms with E-state index in [1.54, 1.807) is 23.4 Å². The first-order valence-corrected chi connectivity index (χ1v) is 7.95. The van der Waals surface area contributed by atoms with Gasteiger partial charge in [0, 0.05) is 49.8 Å². The third-order valence-electron chi connectivity index (χ3n) is 3.83. The fraction of sp³-hybridized carbons (Fsp3) is 0.235. The zero-order chi connectivity index (χ0) is 16.1. The number of thiocarbonyl (C=S) groups is 1. The van der Waals surface area contributed by atoms with Crippen LogP contribution in [0.5, 0.6) is 0 Å². The lowest BCUT2D eigenvalue weighted by Crippen LogP contribution is -2.52. The third kappa shape index (κ3) is 3.84. The summed E-state index contributed by atoms with van der Waals surface area (Å²) in [6, 6.07) is 13.7. The summed E-state index contributed by atoms with van der Waals surface area (Å²) in [7, 11) is 0. The van der Waals surface area contributed by atoms with E-state index in [-0.39, 0.29) is 6.03 Å². The second-order valence-electron chi connectivity index (χ2n) is 5.31. The average molecular weight is 326 g/mol. The molecule has 2 heterocycles. The lowest BCUT2D eigenvalue weighted by molar-refractivity contribution is 0.199. The van der Waals surface area contributed by atoms with E-state index in [1.807, 2.05) is 24.3 Å². The number of hydrogen-bond donors (Lipinski definition) is 1. The summed E-state index contributed by atoms with van der Waals surface area (Å²) in [5, 5.41) is 2.78. The first kappa shape index (κ1) is 15.4. The predicted molar refractivity (Wildman–Crippen MR) is 94.7 cm³/mol. The van der Waals surface area contributed by atoms with Gasteiger partial charge in [-0.2, -0.15) is 0 Å². The molecule has 2 aromatic rings. The Bertz CT molecular complexity index is 670. The molecule has 118 valence electrons. The molecule has 1 aliphatic heterocycles. The van der Waals surface area contributed by atoms with Crippen molar-refractivity contribution >= 4 is 28.9 Å². The number of carbonyl (C=O) groups excluding carboxylic acids is 1. The van der Waals surface area contributed by atoms with Gasteiger partial charge < -0.3 is 9.80 Å². The Morgan fingerprint density at radius 3 is 2.43 bits per heavy atom. The molecule has 0 bridgehead atoms. The molecule has 23 heavy (non-hydrogen) atoms. The van der Waals surface area contributed by atoms with Crippen LogP contribution in [0.1, 0.15) is 5.56 Å². The summed E-state index contributed by atoms with van der Waals surface area (Å²) < 4.78 is 0. The van der Waals surface area contributed by atoms with E-state index < -0.39 is 0 Å². The molecule has 0 atom stereocenters. The van der Waals surface area contributed by atoms with Crippen molar-refractivity contribution in [2.75, 3.05) is 31.1 Å². The lowest BCUT2D eigenvalue weighted by Gasteiger charge is -2.36. The van der Waals surface area contributed by atoms with Crippen LogP contribution >= 0.6 is 12.2 Å². The summed E-state index contributed by atoms with van der Waals surface area (Å²) in [4.78, 5) is 20.8. The van der Waals surface area contributed by atoms with Crippen LogP contribution in [0.25, 0.3) is 0 Å². The number of nitrogens with one attached hydrogen (secondary N) is 1. The molecule has 1 saturated heterocycles. The Balaban J connectivity index is 1.53. The Labute approximate surface area is 140 Å². The highest BCUT2D eigenvalue weighted by molar-refractivity contribution is 7.80. The van der Waals surface area contributed by atoms with Gasteiger partial charge in [-0.15, -0.1) is 0 Å². The monoisotopic (exact) mass is 326 g/mol. The maximum atomic E-state index is 12.3. The van der Waals surface area contributed by atoms with Gasteiger partial charge in [0.2, 0.25) is 0 Å². The topological polar surface area (TPSA) is 48.5 Å². The van der Waals surface area contributed by atoms with Gasteiger partial charge in [0.25, 0.3) is 0 Å². The molecule has 2 amide bonds. The van der Waals surface area contributed by atoms with E-state index in [0.29, 0.717) is 18.1 Å². The van der Waals surface area contributed by atoms with E-state index in [4.69, 9.17) is 12.2 Å². The maximum absolute atomic E-state index is 12.3. The van der Waals surface area contributed by atoms with Crippen molar-refractivity contribution in [1.29, 1.82) is 0 Å². The predicted octanol–water partition coefficient (Wildman–Crippen LogP) is 2.29. The lowest BCUT2D eigenvalue weighted by atomic mass is 10.2. The van der Waals surface area contributed by atoms with Gasteiger partial charge in [-0.3, -0.25) is 10.3 Å². The van der Waals surface area contributed by atoms with Crippen LogP contribution in [0.15, 0.2) is 54.9 Å². The Hall–Kier alpha value is -2.47. The van der Waals surface area contributed by atoms with Crippen LogP contribution in [0.4, 0.5) is 10.5 Å². The fourth-order valence-electron chi connectivity index (χ4n) is 2.55. The van der Waals surface area contributed by atoms with Crippen molar-refractivity contribution < 1.29 is 4.79 Å². The summed E-state index contributed by atoms with van der Waals surface area (Å²) in [6.07, 6.45) is 3.33. The number of hydrogen-bond acceptors (Lipinski definition) is 4. The van der Waals surface area contributed by atoms with Gasteiger partial charge in [-0.1, -0.05) is 30.4 Å². The zero-order valence-corrected chi connectivity index (χ0v) is 13.5. The largest absolute Gasteiger partial charge is 0.368 e. The van der Waals surface area contributed by atoms with E-state index in [1.165, 1.54) is 5.69 Å². The minimum absolute atomic E-state index is 0.147. The van der Waals surface area contributed by atoms with Crippen molar-refractivity contribution in [2.45, 2.75) is 0 Å². The molecular formula is C17H18N4OS. The van der Waals surface area contributed by atoms with E-state index in [9.17, 15) is 4.79 Å². The van der Waals surface area contributed by atoms with E-state index in [0.717, 1.165) is 18.7 Å². The molecule has 0 unspecified atom stereocenters. The van der Waals surface area contributed by atoms with Crippen LogP contribution in [-0.2, 0) is 0 Å². The second kappa shape index (κ2) is 7.19. The Morgan fingerprint density at radius 2 is 1.78 bits per heavy atom. The highest BCUT2D eigenvalue weighted by Crippen LogP contribution is 2.15. The number of aromatic nitrogens is 1. The second-order valence-corrected chi connectivity index (χ2v) is 5.72. The standard InChI is InChI=1S/C17H18N4OS/c22-17(19-16(23)14-5-4-8-18-13-14)21-11-9-20(10-12-21)15-6-2-1-3-7-15/h1-8,13H,9-12H2,(H,19,22,23). The minimum atomic E-state index is -0.147. The SMILES string of the molecule is O=C(NC(=S)c1cccnc1)N1CCN(c2ccccc2)CC1. The van der Waals surface area contributed by atoms with Crippen LogP contribution in [0.2, 0.25) is 0 Å². The van der Waals surface area contributed by atoms with Crippen LogP contribution in [0, 0.1) is 0 Å². The average Bonchev–Trinajstić information content (AvgIpc) is 2.63. The number of urea groups is 1. The summed E-state index contributed by atoms with van der Waals surface area (Å²) in [5.41, 5.74) is 1.94. The summed E-state index contributed by atoms with van der Waals surface area (Å²) in [6.45, 7) is 2.99. The van der Waals surface area contributed by atoms with Crippen molar-refractivity contribution in [3.63, 3.8) is 0 Å². The Morgan fingerprint density at radius 1 is 1.04 bits per heavy atom. The van der Waals surface area contributed by atoms with Crippen molar-refractivity contribution in [2.24, 2.45) is 0 Å². The third-order valence-corrected chi connectivity index (χ3v) is 4.17. The molecule has 1 N–H and O–H groups in total. The van der Waals surface area contributed by atoms with E-state index in [2.05, 4.69) is 27.3 Å². The molecule has 0 radical (unpaired) electrons. The molecule has 1 fully saturated rings. The number of pyridine rings is 1. The highest BCUT2D eigenvalue weighted by atomic mass is 32.1. The van der Waals surface area contributed by atoms with Gasteiger partial charge in [0.15, 0.2) is 0 Å². The van der Waals surface area contributed by atoms with Gasteiger partial charge >= 0.3 is 6.03 Å². The Kier molecular flexibility index (Phi) is 4.83. The van der Waals surface area contributed by atoms with Crippen molar-refractivity contribution in [3.8, 4) is 0 Å². The first-order valence-electron chi connectivity index (χ1n) is 7.54. The molecule has 6 heteroatoms. The fourth-order valence-corrected chi connectivity index (χ4v) is 2.76. The number of nitrogens with zero attached hydrogens (tertiary/aromatic N) is 3. The molecule has 1 aromatic heterocycles. The molecule has 5 nitrogen and oxygen atoms in total. The molecule has 0 aliphatic carbocycles. The number of piperazine rings is 1. The van der Waals surface area contributed by atoms with Gasteiger partial charge in [-0.25, -0.2) is 4.79 Å². The van der Waals surface area contributed by atoms with Crippen LogP contribution in [0.3, 0.4) is 0 Å².